The molecule has 15 heavy (non-hydrogen) atoms. The van der Waals surface area contributed by atoms with Crippen LogP contribution in [0.2, 0.25) is 0 Å². The average molecular weight is 267 g/mol. The number of carbonyl (C=O) groups excluding carboxylic acids is 2. The molecule has 0 amide bonds. The fourth-order valence-electron chi connectivity index (χ4n) is 0. The Morgan fingerprint density at radius 2 is 0.867 bits per heavy atom. The van der Waals surface area contributed by atoms with E-state index in [4.69, 9.17) is 33.1 Å². The van der Waals surface area contributed by atoms with Gasteiger partial charge in [-0.05, 0) is 0 Å². The zero-order chi connectivity index (χ0) is 12.0. The van der Waals surface area contributed by atoms with Crippen LogP contribution in [0.5, 0.6) is 0 Å². The van der Waals surface area contributed by atoms with Gasteiger partial charge in [0.1, 0.15) is 0 Å². The average Bonchev–Trinajstić information content (AvgIpc) is 2.18. The first kappa shape index (κ1) is 23.8. The predicted octanol–water partition coefficient (Wildman–Crippen LogP) is -0.332. The van der Waals surface area contributed by atoms with E-state index in [2.05, 4.69) is 0 Å². The molecule has 0 aliphatic rings. The van der Waals surface area contributed by atoms with E-state index >= 15 is 0 Å². The van der Waals surface area contributed by atoms with Gasteiger partial charge in [-0.25, -0.2) is 0 Å². The zero-order valence-electron chi connectivity index (χ0n) is 7.98. The zero-order valence-corrected chi connectivity index (χ0v) is 9.02. The van der Waals surface area contributed by atoms with Crippen molar-refractivity contribution in [2.75, 3.05) is 26.2 Å². The molecule has 0 radical (unpaired) electrons. The molecule has 0 atom stereocenters. The summed E-state index contributed by atoms with van der Waals surface area (Å²) in [5.74, 6) is -2.93. The molecule has 0 aliphatic heterocycles. The summed E-state index contributed by atoms with van der Waals surface area (Å²) in [6, 6.07) is 0. The largest absolute Gasteiger partial charge is 3.00 e. The minimum Gasteiger partial charge on any atom is -0.679 e. The van der Waals surface area contributed by atoms with Crippen molar-refractivity contribution in [1.82, 2.24) is 0 Å². The summed E-state index contributed by atoms with van der Waals surface area (Å²) >= 11 is 0. The standard InChI is InChI=1S/2C2H6N2.C2H2O4.Co/c2*3-1-2-4;3-1(4)2(5)6;/h2*3-4H,1-2H2;(H,3,4)(H,5,6);/q2*-2;;+3/p+2. The van der Waals surface area contributed by atoms with Crippen molar-refractivity contribution in [1.29, 1.82) is 0 Å². The predicted molar refractivity (Wildman–Crippen MR) is 54.0 cm³/mol. The van der Waals surface area contributed by atoms with Gasteiger partial charge in [-0.15, -0.1) is 0 Å². The van der Waals surface area contributed by atoms with Gasteiger partial charge in [-0.1, -0.05) is 0 Å². The van der Waals surface area contributed by atoms with Crippen LogP contribution in [0.15, 0.2) is 0 Å². The summed E-state index contributed by atoms with van der Waals surface area (Å²) in [6.07, 6.45) is 0. The van der Waals surface area contributed by atoms with Gasteiger partial charge in [0.15, 0.2) is 0 Å². The van der Waals surface area contributed by atoms with Crippen molar-refractivity contribution in [2.45, 2.75) is 0 Å². The molecule has 0 unspecified atom stereocenters. The molecule has 0 spiro atoms. The fourth-order valence-corrected chi connectivity index (χ4v) is 0. The van der Waals surface area contributed by atoms with Crippen LogP contribution < -0.4 is 0 Å². The van der Waals surface area contributed by atoms with Gasteiger partial charge in [-0.3, -0.25) is 0 Å². The molecule has 0 rings (SSSR count). The number of carbonyl (C=O) groups is 2. The number of nitrogens with one attached hydrogen (secondary N) is 4. The molecule has 0 saturated carbocycles. The summed E-state index contributed by atoms with van der Waals surface area (Å²) in [7, 11) is 0. The molecule has 0 aliphatic carbocycles. The topological polar surface area (TPSA) is 175 Å². The summed E-state index contributed by atoms with van der Waals surface area (Å²) in [5, 5.41) is 11.7. The van der Waals surface area contributed by atoms with E-state index < -0.39 is 11.9 Å². The van der Waals surface area contributed by atoms with Crippen LogP contribution in [-0.2, 0) is 26.4 Å². The quantitative estimate of drug-likeness (QED) is 0.491. The third-order valence-corrected chi connectivity index (χ3v) is 0.456. The summed E-state index contributed by atoms with van der Waals surface area (Å²) in [4.78, 5) is 18.5. The molecule has 0 aromatic heterocycles. The van der Waals surface area contributed by atoms with E-state index in [1.165, 1.54) is 0 Å². The third kappa shape index (κ3) is 60.6. The van der Waals surface area contributed by atoms with Gasteiger partial charge in [0.2, 0.25) is 0 Å². The normalized spacial score (nSPS) is 6.93. The van der Waals surface area contributed by atoms with Crippen LogP contribution in [-0.4, -0.2) is 48.3 Å². The molecule has 0 aromatic rings. The van der Waals surface area contributed by atoms with E-state index in [-0.39, 0.29) is 43.0 Å². The van der Waals surface area contributed by atoms with Gasteiger partial charge in [0.25, 0.3) is 0 Å². The minimum atomic E-state index is -1.46. The van der Waals surface area contributed by atoms with Gasteiger partial charge in [0, 0.05) is 0 Å². The summed E-state index contributed by atoms with van der Waals surface area (Å²) in [5.41, 5.74) is 25.1. The molecule has 9 heteroatoms. The van der Waals surface area contributed by atoms with Crippen LogP contribution in [0.3, 0.4) is 0 Å². The second-order valence-corrected chi connectivity index (χ2v) is 1.66. The van der Waals surface area contributed by atoms with E-state index in [1.54, 1.807) is 0 Å². The van der Waals surface area contributed by atoms with Crippen molar-refractivity contribution in [3.05, 3.63) is 22.9 Å². The van der Waals surface area contributed by atoms with Gasteiger partial charge >= 0.3 is 28.7 Å². The molecule has 0 bridgehead atoms. The Hall–Kier alpha value is -0.714. The van der Waals surface area contributed by atoms with Gasteiger partial charge < -0.3 is 33.1 Å². The minimum absolute atomic E-state index is 0. The maximum atomic E-state index is 9.27. The van der Waals surface area contributed by atoms with Crippen LogP contribution in [0.1, 0.15) is 0 Å². The Balaban J connectivity index is -0.0000000606. The Morgan fingerprint density at radius 3 is 0.867 bits per heavy atom. The number of hydrogen-bond acceptors (Lipinski definition) is 2. The second-order valence-electron chi connectivity index (χ2n) is 1.66. The van der Waals surface area contributed by atoms with Crippen LogP contribution >= 0.6 is 0 Å². The number of rotatable bonds is 2. The van der Waals surface area contributed by atoms with E-state index in [9.17, 15) is 9.59 Å². The SMILES string of the molecule is O=C([OH2+])C(=O)[OH2+].[Co+3].[NH-]CC[NH-].[NH-]CC[NH-]. The molecule has 8 nitrogen and oxygen atoms in total. The first-order valence-corrected chi connectivity index (χ1v) is 3.57. The molecular weight excluding hydrogens is 251 g/mol. The summed E-state index contributed by atoms with van der Waals surface area (Å²) in [6.45, 7) is 0.944. The van der Waals surface area contributed by atoms with Crippen molar-refractivity contribution in [3.8, 4) is 0 Å². The van der Waals surface area contributed by atoms with Crippen LogP contribution in [0.4, 0.5) is 0 Å². The van der Waals surface area contributed by atoms with Crippen LogP contribution in [0.25, 0.3) is 22.9 Å². The third-order valence-electron chi connectivity index (χ3n) is 0.456. The van der Waals surface area contributed by atoms with Gasteiger partial charge in [-0.2, -0.15) is 26.2 Å². The second kappa shape index (κ2) is 23.3. The van der Waals surface area contributed by atoms with Crippen molar-refractivity contribution < 1.29 is 36.6 Å². The Bertz CT molecular complexity index is 127. The Labute approximate surface area is 98.2 Å². The monoisotopic (exact) mass is 267 g/mol. The maximum Gasteiger partial charge on any atom is 3.00 e. The van der Waals surface area contributed by atoms with Crippen molar-refractivity contribution >= 4 is 11.9 Å². The van der Waals surface area contributed by atoms with Crippen molar-refractivity contribution in [3.63, 3.8) is 0 Å². The first-order chi connectivity index (χ1) is 6.47. The smallest absolute Gasteiger partial charge is 0.679 e. The molecule has 0 fully saturated rings. The van der Waals surface area contributed by atoms with Crippen LogP contribution in [0, 0.1) is 0 Å². The van der Waals surface area contributed by atoms with E-state index in [0.717, 1.165) is 0 Å². The maximum absolute atomic E-state index is 9.27. The molecule has 0 saturated heterocycles. The summed E-state index contributed by atoms with van der Waals surface area (Å²) < 4.78 is 0. The molecule has 0 aromatic carbocycles. The van der Waals surface area contributed by atoms with Crippen molar-refractivity contribution in [2.24, 2.45) is 0 Å². The molecule has 0 heterocycles. The van der Waals surface area contributed by atoms with Gasteiger partial charge in [0.05, 0.1) is 9.59 Å². The fraction of sp³-hybridized carbons (Fsp3) is 0.667. The molecule has 8 N–H and O–H groups in total. The molecule has 92 valence electrons. The van der Waals surface area contributed by atoms with E-state index in [0.29, 0.717) is 0 Å². The molecular formula is C6H16CoN4O4+. The van der Waals surface area contributed by atoms with E-state index in [1.807, 2.05) is 0 Å². The number of hydrogen-bond donors (Lipinski definition) is 0. The Kier molecular flexibility index (Phi) is 37.0. The first-order valence-electron chi connectivity index (χ1n) is 3.57. The Morgan fingerprint density at radius 1 is 0.733 bits per heavy atom.